The van der Waals surface area contributed by atoms with Gasteiger partial charge in [0.1, 0.15) is 0 Å². The molecule has 0 bridgehead atoms. The molecule has 2 rings (SSSR count). The van der Waals surface area contributed by atoms with Crippen LogP contribution in [0.2, 0.25) is 0 Å². The lowest BCUT2D eigenvalue weighted by molar-refractivity contribution is 0.184. The van der Waals surface area contributed by atoms with Crippen molar-refractivity contribution in [2.24, 2.45) is 5.92 Å². The van der Waals surface area contributed by atoms with Crippen molar-refractivity contribution >= 4 is 11.8 Å². The van der Waals surface area contributed by atoms with E-state index in [1.807, 2.05) is 0 Å². The molecule has 1 saturated heterocycles. The van der Waals surface area contributed by atoms with Crippen LogP contribution in [0.4, 0.5) is 0 Å². The highest BCUT2D eigenvalue weighted by Gasteiger charge is 2.25. The van der Waals surface area contributed by atoms with Gasteiger partial charge in [-0.15, -0.1) is 10.2 Å². The van der Waals surface area contributed by atoms with Gasteiger partial charge in [-0.1, -0.05) is 39.5 Å². The fraction of sp³-hybridized carbons (Fsp3) is 0.846. The first-order chi connectivity index (χ1) is 8.88. The first kappa shape index (κ1) is 14.7. The Morgan fingerprint density at radius 1 is 1.47 bits per heavy atom. The molecule has 0 saturated carbocycles. The Bertz CT molecular complexity index is 421. The number of rotatable bonds is 4. The van der Waals surface area contributed by atoms with E-state index in [-0.39, 0.29) is 5.41 Å². The van der Waals surface area contributed by atoms with Gasteiger partial charge in [0.2, 0.25) is 5.16 Å². The van der Waals surface area contributed by atoms with E-state index in [2.05, 4.69) is 37.9 Å². The van der Waals surface area contributed by atoms with Gasteiger partial charge in [0.25, 0.3) is 0 Å². The van der Waals surface area contributed by atoms with Crippen molar-refractivity contribution in [2.75, 3.05) is 19.1 Å². The van der Waals surface area contributed by atoms with Crippen LogP contribution in [0.15, 0.2) is 5.16 Å². The van der Waals surface area contributed by atoms with E-state index in [0.29, 0.717) is 11.2 Å². The van der Waals surface area contributed by atoms with Crippen LogP contribution in [0.25, 0.3) is 0 Å². The van der Waals surface area contributed by atoms with Crippen LogP contribution in [-0.4, -0.2) is 33.3 Å². The summed E-state index contributed by atoms with van der Waals surface area (Å²) < 4.78 is 7.04. The molecule has 2 heterocycles. The molecule has 2 atom stereocenters. The first-order valence-electron chi connectivity index (χ1n) is 6.83. The molecule has 0 aliphatic carbocycles. The average molecular weight is 284 g/mol. The highest BCUT2D eigenvalue weighted by Crippen LogP contribution is 2.30. The summed E-state index contributed by atoms with van der Waals surface area (Å²) in [5.41, 5.74) is -0.0803. The quantitative estimate of drug-likeness (QED) is 0.678. The number of hydrogen-bond donors (Lipinski definition) is 1. The summed E-state index contributed by atoms with van der Waals surface area (Å²) >= 11 is 1.70. The maximum absolute atomic E-state index is 6.09. The van der Waals surface area contributed by atoms with Gasteiger partial charge in [-0.05, 0) is 18.8 Å². The van der Waals surface area contributed by atoms with Gasteiger partial charge in [0.05, 0.1) is 0 Å². The Labute approximate surface area is 119 Å². The second-order valence-corrected chi connectivity index (χ2v) is 7.73. The third kappa shape index (κ3) is 3.63. The van der Waals surface area contributed by atoms with Crippen LogP contribution in [0.1, 0.15) is 46.4 Å². The van der Waals surface area contributed by atoms with Crippen molar-refractivity contribution in [3.63, 3.8) is 0 Å². The van der Waals surface area contributed by atoms with Crippen LogP contribution in [0, 0.1) is 5.92 Å². The van der Waals surface area contributed by atoms with Gasteiger partial charge in [-0.3, -0.25) is 0 Å². The number of aromatic nitrogens is 3. The van der Waals surface area contributed by atoms with Crippen LogP contribution in [0.3, 0.4) is 0 Å². The molecular formula is C13H24N4OS. The van der Waals surface area contributed by atoms with Crippen LogP contribution in [0.5, 0.6) is 0 Å². The summed E-state index contributed by atoms with van der Waals surface area (Å²) in [4.78, 5) is 0. The molecule has 1 aromatic heterocycles. The molecule has 6 heteroatoms. The molecule has 0 spiro atoms. The number of nitrogens with zero attached hydrogens (tertiary/aromatic N) is 3. The zero-order chi connectivity index (χ0) is 14.0. The van der Waals surface area contributed by atoms with E-state index in [1.54, 1.807) is 16.4 Å². The topological polar surface area (TPSA) is 66.0 Å². The van der Waals surface area contributed by atoms with E-state index in [0.717, 1.165) is 30.6 Å². The predicted molar refractivity (Wildman–Crippen MR) is 77.7 cm³/mol. The molecule has 1 aliphatic rings. The predicted octanol–water partition coefficient (Wildman–Crippen LogP) is 2.20. The standard InChI is InChI=1S/C13H24N4OS/c1-9(7-10-5-6-18-8-10)19-12-16-15-11(17(12)14)13(2,3)4/h9-10H,5-8,14H2,1-4H3. The van der Waals surface area contributed by atoms with Crippen LogP contribution >= 0.6 is 11.8 Å². The van der Waals surface area contributed by atoms with Crippen LogP contribution in [-0.2, 0) is 10.2 Å². The Morgan fingerprint density at radius 3 is 2.74 bits per heavy atom. The molecule has 5 nitrogen and oxygen atoms in total. The largest absolute Gasteiger partial charge is 0.381 e. The van der Waals surface area contributed by atoms with E-state index in [4.69, 9.17) is 10.6 Å². The average Bonchev–Trinajstić information content (AvgIpc) is 2.89. The Hall–Kier alpha value is -0.750. The lowest BCUT2D eigenvalue weighted by Gasteiger charge is -2.17. The second kappa shape index (κ2) is 5.71. The minimum atomic E-state index is -0.0803. The molecular weight excluding hydrogens is 260 g/mol. The molecule has 1 aliphatic heterocycles. The third-order valence-corrected chi connectivity index (χ3v) is 4.42. The smallest absolute Gasteiger partial charge is 0.210 e. The number of nitrogens with two attached hydrogens (primary N) is 1. The fourth-order valence-electron chi connectivity index (χ4n) is 2.34. The van der Waals surface area contributed by atoms with E-state index >= 15 is 0 Å². The minimum Gasteiger partial charge on any atom is -0.381 e. The van der Waals surface area contributed by atoms with Crippen molar-refractivity contribution < 1.29 is 4.74 Å². The minimum absolute atomic E-state index is 0.0803. The maximum atomic E-state index is 6.09. The summed E-state index contributed by atoms with van der Waals surface area (Å²) in [6.45, 7) is 10.3. The maximum Gasteiger partial charge on any atom is 0.210 e. The number of ether oxygens (including phenoxy) is 1. The zero-order valence-corrected chi connectivity index (χ0v) is 13.0. The van der Waals surface area contributed by atoms with Gasteiger partial charge in [-0.2, -0.15) is 0 Å². The van der Waals surface area contributed by atoms with Gasteiger partial charge in [0, 0.05) is 23.9 Å². The number of hydrogen-bond acceptors (Lipinski definition) is 5. The van der Waals surface area contributed by atoms with Crippen molar-refractivity contribution in [2.45, 2.75) is 56.4 Å². The number of nitrogen functional groups attached to an aromatic ring is 1. The first-order valence-corrected chi connectivity index (χ1v) is 7.71. The molecule has 0 amide bonds. The van der Waals surface area contributed by atoms with Crippen molar-refractivity contribution in [3.05, 3.63) is 5.82 Å². The van der Waals surface area contributed by atoms with Crippen molar-refractivity contribution in [3.8, 4) is 0 Å². The highest BCUT2D eigenvalue weighted by molar-refractivity contribution is 7.99. The van der Waals surface area contributed by atoms with Crippen molar-refractivity contribution in [1.29, 1.82) is 0 Å². The summed E-state index contributed by atoms with van der Waals surface area (Å²) in [6.07, 6.45) is 2.32. The molecule has 0 radical (unpaired) electrons. The lowest BCUT2D eigenvalue weighted by atomic mass is 9.96. The molecule has 0 aromatic carbocycles. The van der Waals surface area contributed by atoms with E-state index in [9.17, 15) is 0 Å². The Balaban J connectivity index is 1.97. The summed E-state index contributed by atoms with van der Waals surface area (Å²) in [6, 6.07) is 0. The van der Waals surface area contributed by atoms with Gasteiger partial charge < -0.3 is 10.6 Å². The number of thioether (sulfide) groups is 1. The third-order valence-electron chi connectivity index (χ3n) is 3.33. The summed E-state index contributed by atoms with van der Waals surface area (Å²) in [5.74, 6) is 7.60. The Morgan fingerprint density at radius 2 is 2.21 bits per heavy atom. The molecule has 2 N–H and O–H groups in total. The molecule has 1 aromatic rings. The Kier molecular flexibility index (Phi) is 4.40. The molecule has 108 valence electrons. The van der Waals surface area contributed by atoms with Gasteiger partial charge in [0.15, 0.2) is 5.82 Å². The van der Waals surface area contributed by atoms with Gasteiger partial charge >= 0.3 is 0 Å². The molecule has 19 heavy (non-hydrogen) atoms. The summed E-state index contributed by atoms with van der Waals surface area (Å²) in [5, 5.41) is 9.71. The van der Waals surface area contributed by atoms with E-state index in [1.165, 1.54) is 6.42 Å². The zero-order valence-electron chi connectivity index (χ0n) is 12.2. The lowest BCUT2D eigenvalue weighted by Crippen LogP contribution is -2.24. The van der Waals surface area contributed by atoms with Crippen LogP contribution < -0.4 is 5.84 Å². The molecule has 1 fully saturated rings. The SMILES string of the molecule is CC(CC1CCOC1)Sc1nnc(C(C)(C)C)n1N. The van der Waals surface area contributed by atoms with Gasteiger partial charge in [-0.25, -0.2) is 4.68 Å². The van der Waals surface area contributed by atoms with Crippen molar-refractivity contribution in [1.82, 2.24) is 14.9 Å². The normalized spacial score (nSPS) is 21.8. The summed E-state index contributed by atoms with van der Waals surface area (Å²) in [7, 11) is 0. The monoisotopic (exact) mass is 284 g/mol. The highest BCUT2D eigenvalue weighted by atomic mass is 32.2. The second-order valence-electron chi connectivity index (χ2n) is 6.32. The van der Waals surface area contributed by atoms with E-state index < -0.39 is 0 Å². The fourth-order valence-corrected chi connectivity index (χ4v) is 3.35. The molecule has 2 unspecified atom stereocenters.